The summed E-state index contributed by atoms with van der Waals surface area (Å²) >= 11 is 0. The highest BCUT2D eigenvalue weighted by atomic mass is 19.1. The van der Waals surface area contributed by atoms with Crippen LogP contribution in [-0.2, 0) is 24.3 Å². The third-order valence-electron chi connectivity index (χ3n) is 6.76. The molecule has 2 aromatic carbocycles. The zero-order valence-electron chi connectivity index (χ0n) is 21.7. The number of likely N-dealkylation sites (N-methyl/N-ethyl adjacent to an activating group) is 1. The number of hydrogen-bond acceptors (Lipinski definition) is 6. The van der Waals surface area contributed by atoms with E-state index in [9.17, 15) is 18.8 Å². The number of fused-ring (bicyclic) bond motifs is 1. The standard InChI is InChI=1S/C27H30FN5O5/c1-27(26(36)30-15-17-5-8-19(28)9-6-17)16-33-22(25(35)32(27)2)14-21(31-33)24(34)29-12-11-18-7-10-20(37-3)13-23(18)38-4/h5-10,13-14H,11-12,15-16H2,1-4H3,(H,29,34)(H,30,36)/t27-/m1/s1. The Morgan fingerprint density at radius 1 is 1.08 bits per heavy atom. The lowest BCUT2D eigenvalue weighted by Crippen LogP contribution is -2.62. The summed E-state index contributed by atoms with van der Waals surface area (Å²) in [7, 11) is 4.68. The van der Waals surface area contributed by atoms with Gasteiger partial charge >= 0.3 is 0 Å². The van der Waals surface area contributed by atoms with Crippen molar-refractivity contribution < 1.29 is 28.2 Å². The van der Waals surface area contributed by atoms with E-state index >= 15 is 0 Å². The van der Waals surface area contributed by atoms with Gasteiger partial charge < -0.3 is 25.0 Å². The number of carbonyl (C=O) groups is 3. The number of ether oxygens (including phenoxy) is 2. The van der Waals surface area contributed by atoms with Gasteiger partial charge in [0.2, 0.25) is 5.91 Å². The fraction of sp³-hybridized carbons (Fsp3) is 0.333. The molecule has 38 heavy (non-hydrogen) atoms. The van der Waals surface area contributed by atoms with Crippen molar-refractivity contribution in [3.63, 3.8) is 0 Å². The van der Waals surface area contributed by atoms with Crippen molar-refractivity contribution in [2.24, 2.45) is 0 Å². The highest BCUT2D eigenvalue weighted by Gasteiger charge is 2.46. The van der Waals surface area contributed by atoms with Crippen molar-refractivity contribution >= 4 is 17.7 Å². The number of nitrogens with zero attached hydrogens (tertiary/aromatic N) is 3. The lowest BCUT2D eigenvalue weighted by Gasteiger charge is -2.40. The van der Waals surface area contributed by atoms with Crippen molar-refractivity contribution in [2.45, 2.75) is 32.0 Å². The van der Waals surface area contributed by atoms with Gasteiger partial charge in [0, 0.05) is 32.3 Å². The average molecular weight is 524 g/mol. The number of carbonyl (C=O) groups excluding carboxylic acids is 3. The van der Waals surface area contributed by atoms with Crippen LogP contribution < -0.4 is 20.1 Å². The summed E-state index contributed by atoms with van der Waals surface area (Å²) in [5.41, 5.74) is 0.684. The molecular formula is C27H30FN5O5. The van der Waals surface area contributed by atoms with Gasteiger partial charge in [-0.15, -0.1) is 0 Å². The topological polar surface area (TPSA) is 115 Å². The highest BCUT2D eigenvalue weighted by Crippen LogP contribution is 2.27. The number of hydrogen-bond donors (Lipinski definition) is 2. The van der Waals surface area contributed by atoms with Crippen LogP contribution in [0.25, 0.3) is 0 Å². The van der Waals surface area contributed by atoms with Crippen LogP contribution in [0.3, 0.4) is 0 Å². The van der Waals surface area contributed by atoms with E-state index in [0.29, 0.717) is 24.5 Å². The number of aromatic nitrogens is 2. The molecule has 1 aliphatic rings. The van der Waals surface area contributed by atoms with Gasteiger partial charge in [-0.05, 0) is 42.7 Å². The van der Waals surface area contributed by atoms with Gasteiger partial charge in [-0.25, -0.2) is 4.39 Å². The Morgan fingerprint density at radius 2 is 1.82 bits per heavy atom. The average Bonchev–Trinajstić information content (AvgIpc) is 3.35. The molecular weight excluding hydrogens is 493 g/mol. The molecule has 0 bridgehead atoms. The zero-order valence-corrected chi connectivity index (χ0v) is 21.7. The van der Waals surface area contributed by atoms with Crippen LogP contribution in [0.5, 0.6) is 11.5 Å². The minimum absolute atomic E-state index is 0.0656. The third-order valence-corrected chi connectivity index (χ3v) is 6.76. The summed E-state index contributed by atoms with van der Waals surface area (Å²) in [6.45, 7) is 2.20. The van der Waals surface area contributed by atoms with Crippen LogP contribution >= 0.6 is 0 Å². The van der Waals surface area contributed by atoms with E-state index in [1.54, 1.807) is 39.3 Å². The summed E-state index contributed by atoms with van der Waals surface area (Å²) in [4.78, 5) is 40.4. The largest absolute Gasteiger partial charge is 0.497 e. The normalized spacial score (nSPS) is 16.6. The van der Waals surface area contributed by atoms with Gasteiger partial charge in [0.05, 0.1) is 20.8 Å². The highest BCUT2D eigenvalue weighted by molar-refractivity contribution is 6.01. The Morgan fingerprint density at radius 3 is 2.50 bits per heavy atom. The molecule has 0 saturated carbocycles. The van der Waals surface area contributed by atoms with E-state index in [1.165, 1.54) is 34.8 Å². The summed E-state index contributed by atoms with van der Waals surface area (Å²) in [6.07, 6.45) is 0.514. The number of halogens is 1. The Balaban J connectivity index is 1.41. The van der Waals surface area contributed by atoms with E-state index < -0.39 is 23.3 Å². The number of benzene rings is 2. The Hall–Kier alpha value is -4.41. The predicted octanol–water partition coefficient (Wildman–Crippen LogP) is 2.17. The quantitative estimate of drug-likeness (QED) is 0.444. The molecule has 3 aromatic rings. The molecule has 2 N–H and O–H groups in total. The summed E-state index contributed by atoms with van der Waals surface area (Å²) < 4.78 is 25.1. The molecule has 0 radical (unpaired) electrons. The maximum Gasteiger partial charge on any atom is 0.272 e. The van der Waals surface area contributed by atoms with E-state index in [1.807, 2.05) is 12.1 Å². The minimum atomic E-state index is -1.24. The first-order valence-electron chi connectivity index (χ1n) is 12.0. The van der Waals surface area contributed by atoms with Crippen LogP contribution in [0.4, 0.5) is 4.39 Å². The fourth-order valence-corrected chi connectivity index (χ4v) is 4.27. The molecule has 0 fully saturated rings. The number of amides is 3. The molecule has 2 heterocycles. The van der Waals surface area contributed by atoms with Crippen molar-refractivity contribution in [3.8, 4) is 11.5 Å². The van der Waals surface area contributed by atoms with Crippen molar-refractivity contribution in [1.29, 1.82) is 0 Å². The molecule has 10 nitrogen and oxygen atoms in total. The maximum absolute atomic E-state index is 13.2. The Kier molecular flexibility index (Phi) is 7.65. The zero-order chi connectivity index (χ0) is 27.4. The van der Waals surface area contributed by atoms with E-state index in [-0.39, 0.29) is 30.3 Å². The van der Waals surface area contributed by atoms with Gasteiger partial charge in [0.15, 0.2) is 5.69 Å². The van der Waals surface area contributed by atoms with Gasteiger partial charge in [0.25, 0.3) is 11.8 Å². The first-order chi connectivity index (χ1) is 18.2. The Bertz CT molecular complexity index is 1360. The molecule has 1 aliphatic heterocycles. The monoisotopic (exact) mass is 523 g/mol. The minimum Gasteiger partial charge on any atom is -0.497 e. The molecule has 0 unspecified atom stereocenters. The summed E-state index contributed by atoms with van der Waals surface area (Å²) in [5.74, 6) is -0.289. The Labute approximate surface area is 219 Å². The number of nitrogens with one attached hydrogen (secondary N) is 2. The van der Waals surface area contributed by atoms with Gasteiger partial charge in [-0.1, -0.05) is 18.2 Å². The molecule has 200 valence electrons. The van der Waals surface area contributed by atoms with Crippen molar-refractivity contribution in [1.82, 2.24) is 25.3 Å². The molecule has 0 aliphatic carbocycles. The van der Waals surface area contributed by atoms with E-state index in [4.69, 9.17) is 9.47 Å². The molecule has 0 spiro atoms. The number of rotatable bonds is 9. The molecule has 11 heteroatoms. The lowest BCUT2D eigenvalue weighted by molar-refractivity contribution is -0.132. The SMILES string of the molecule is COc1ccc(CCNC(=O)c2cc3n(n2)C[C@](C)(C(=O)NCc2ccc(F)cc2)N(C)C3=O)c(OC)c1. The molecule has 1 aromatic heterocycles. The molecule has 1 atom stereocenters. The van der Waals surface area contributed by atoms with Crippen LogP contribution in [0.15, 0.2) is 48.5 Å². The van der Waals surface area contributed by atoms with Gasteiger partial charge in [-0.2, -0.15) is 5.10 Å². The first-order valence-corrected chi connectivity index (χ1v) is 12.0. The molecule has 3 amide bonds. The van der Waals surface area contributed by atoms with Crippen molar-refractivity contribution in [3.05, 3.63) is 76.9 Å². The van der Waals surface area contributed by atoms with Crippen LogP contribution in [0, 0.1) is 5.82 Å². The van der Waals surface area contributed by atoms with Crippen LogP contribution in [0.1, 0.15) is 39.0 Å². The predicted molar refractivity (Wildman–Crippen MR) is 137 cm³/mol. The van der Waals surface area contributed by atoms with Crippen LogP contribution in [-0.4, -0.2) is 65.8 Å². The van der Waals surface area contributed by atoms with E-state index in [0.717, 1.165) is 11.1 Å². The second kappa shape index (κ2) is 10.9. The maximum atomic E-state index is 13.2. The second-order valence-corrected chi connectivity index (χ2v) is 9.20. The molecule has 0 saturated heterocycles. The second-order valence-electron chi connectivity index (χ2n) is 9.20. The third kappa shape index (κ3) is 5.31. The lowest BCUT2D eigenvalue weighted by atomic mass is 9.96. The van der Waals surface area contributed by atoms with Crippen molar-refractivity contribution in [2.75, 3.05) is 27.8 Å². The van der Waals surface area contributed by atoms with Gasteiger partial charge in [0.1, 0.15) is 28.5 Å². The number of methoxy groups -OCH3 is 2. The first kappa shape index (κ1) is 26.6. The smallest absolute Gasteiger partial charge is 0.272 e. The van der Waals surface area contributed by atoms with E-state index in [2.05, 4.69) is 15.7 Å². The fourth-order valence-electron chi connectivity index (χ4n) is 4.27. The summed E-state index contributed by atoms with van der Waals surface area (Å²) in [6, 6.07) is 12.7. The van der Waals surface area contributed by atoms with Gasteiger partial charge in [-0.3, -0.25) is 19.1 Å². The summed E-state index contributed by atoms with van der Waals surface area (Å²) in [5, 5.41) is 9.94. The molecule has 4 rings (SSSR count). The van der Waals surface area contributed by atoms with Crippen LogP contribution in [0.2, 0.25) is 0 Å².